The van der Waals surface area contributed by atoms with Crippen LogP contribution in [-0.2, 0) is 11.2 Å². The van der Waals surface area contributed by atoms with E-state index < -0.39 is 11.2 Å². The molecule has 0 heterocycles. The van der Waals surface area contributed by atoms with Crippen molar-refractivity contribution in [2.24, 2.45) is 0 Å². The van der Waals surface area contributed by atoms with Gasteiger partial charge in [-0.25, -0.2) is 0 Å². The largest absolute Gasteiger partial charge is 0.616 e. The summed E-state index contributed by atoms with van der Waals surface area (Å²) in [5.74, 6) is 1.86. The van der Waals surface area contributed by atoms with Crippen LogP contribution in [0.3, 0.4) is 0 Å². The van der Waals surface area contributed by atoms with E-state index in [-0.39, 0.29) is 9.90 Å². The average molecular weight is 224 g/mol. The van der Waals surface area contributed by atoms with E-state index in [1.54, 1.807) is 0 Å². The molecule has 0 aliphatic rings. The molecular weight excluding hydrogens is 199 g/mol. The third-order valence-electron chi connectivity index (χ3n) is 1.95. The fraction of sp³-hybridized carbons (Fsp3) is 1.00. The lowest BCUT2D eigenvalue weighted by atomic mass is 10.3. The van der Waals surface area contributed by atoms with Crippen LogP contribution in [0.15, 0.2) is 0 Å². The molecule has 0 aliphatic carbocycles. The minimum Gasteiger partial charge on any atom is -0.616 e. The maximum Gasteiger partial charge on any atom is 0.105 e. The molecule has 13 heavy (non-hydrogen) atoms. The van der Waals surface area contributed by atoms with E-state index in [0.29, 0.717) is 0 Å². The van der Waals surface area contributed by atoms with Gasteiger partial charge in [0.05, 0.1) is 0 Å². The lowest BCUT2D eigenvalue weighted by Gasteiger charge is -2.09. The first-order chi connectivity index (χ1) is 5.81. The van der Waals surface area contributed by atoms with Crippen LogP contribution in [0.4, 0.5) is 0 Å². The molecule has 0 spiro atoms. The Hall–Kier alpha value is 0.740. The van der Waals surface area contributed by atoms with Crippen molar-refractivity contribution in [2.45, 2.75) is 52.4 Å². The maximum atomic E-state index is 11.3. The predicted octanol–water partition coefficient (Wildman–Crippen LogP) is 3.17. The quantitative estimate of drug-likeness (QED) is 0.353. The van der Waals surface area contributed by atoms with Crippen molar-refractivity contribution >= 4 is 21.1 Å². The fourth-order valence-electron chi connectivity index (χ4n) is 1.13. The van der Waals surface area contributed by atoms with E-state index in [9.17, 15) is 4.55 Å². The van der Waals surface area contributed by atoms with E-state index in [2.05, 4.69) is 13.8 Å². The van der Waals surface area contributed by atoms with Crippen molar-refractivity contribution in [1.82, 2.24) is 0 Å². The molecule has 82 valence electrons. The van der Waals surface area contributed by atoms with Crippen molar-refractivity contribution in [3.63, 3.8) is 0 Å². The van der Waals surface area contributed by atoms with Crippen molar-refractivity contribution in [1.29, 1.82) is 0 Å². The second-order valence-electron chi connectivity index (χ2n) is 3.26. The third kappa shape index (κ3) is 12.7. The van der Waals surface area contributed by atoms with Gasteiger partial charge >= 0.3 is 0 Å². The molecule has 0 radical (unpaired) electrons. The Balaban J connectivity index is 0. The molecule has 1 unspecified atom stereocenters. The highest BCUT2D eigenvalue weighted by Crippen LogP contribution is 2.04. The van der Waals surface area contributed by atoms with E-state index in [0.717, 1.165) is 24.3 Å². The summed E-state index contributed by atoms with van der Waals surface area (Å²) in [4.78, 5) is 0. The first kappa shape index (κ1) is 16.2. The number of unbranched alkanes of at least 4 members (excludes halogenated alkanes) is 4. The Labute approximate surface area is 89.9 Å². The first-order valence-corrected chi connectivity index (χ1v) is 6.65. The molecule has 0 bridgehead atoms. The minimum absolute atomic E-state index is 0. The van der Waals surface area contributed by atoms with Crippen LogP contribution in [0, 0.1) is 0 Å². The van der Waals surface area contributed by atoms with Gasteiger partial charge in [0.2, 0.25) is 0 Å². The highest BCUT2D eigenvalue weighted by molar-refractivity contribution is 7.91. The van der Waals surface area contributed by atoms with E-state index in [1.165, 1.54) is 25.7 Å². The zero-order chi connectivity index (χ0) is 9.23. The predicted molar refractivity (Wildman–Crippen MR) is 68.0 cm³/mol. The molecule has 3 heteroatoms. The second kappa shape index (κ2) is 12.7. The second-order valence-corrected chi connectivity index (χ2v) is 4.96. The molecule has 0 saturated heterocycles. The molecular formula is C10H25OPS. The molecule has 1 nitrogen and oxygen atoms in total. The molecule has 0 N–H and O–H groups in total. The van der Waals surface area contributed by atoms with Crippen LogP contribution in [-0.4, -0.2) is 16.1 Å². The lowest BCUT2D eigenvalue weighted by Crippen LogP contribution is -2.10. The standard InChI is InChI=1S/C10H22OS.H3P/c1-3-5-7-9-12(11)10-8-6-4-2;/h3-10H2,1-2H3;1H3. The third-order valence-corrected chi connectivity index (χ3v) is 3.44. The van der Waals surface area contributed by atoms with Crippen LogP contribution in [0.5, 0.6) is 0 Å². The molecule has 0 aromatic rings. The Morgan fingerprint density at radius 2 is 1.23 bits per heavy atom. The van der Waals surface area contributed by atoms with Crippen LogP contribution in [0.2, 0.25) is 0 Å². The summed E-state index contributed by atoms with van der Waals surface area (Å²) in [6, 6.07) is 0. The van der Waals surface area contributed by atoms with E-state index in [4.69, 9.17) is 0 Å². The van der Waals surface area contributed by atoms with Crippen LogP contribution in [0.25, 0.3) is 0 Å². The summed E-state index contributed by atoms with van der Waals surface area (Å²) in [6.07, 6.45) is 7.22. The summed E-state index contributed by atoms with van der Waals surface area (Å²) in [5.41, 5.74) is 0. The Morgan fingerprint density at radius 3 is 1.54 bits per heavy atom. The van der Waals surface area contributed by atoms with E-state index in [1.807, 2.05) is 0 Å². The lowest BCUT2D eigenvalue weighted by molar-refractivity contribution is 0.585. The number of hydrogen-bond acceptors (Lipinski definition) is 1. The molecule has 0 aromatic carbocycles. The van der Waals surface area contributed by atoms with Crippen LogP contribution >= 0.6 is 9.90 Å². The van der Waals surface area contributed by atoms with Crippen molar-refractivity contribution < 1.29 is 4.55 Å². The summed E-state index contributed by atoms with van der Waals surface area (Å²) in [6.45, 7) is 4.36. The highest BCUT2D eigenvalue weighted by atomic mass is 32.2. The zero-order valence-electron chi connectivity index (χ0n) is 9.18. The van der Waals surface area contributed by atoms with Crippen LogP contribution in [0.1, 0.15) is 52.4 Å². The molecule has 0 aliphatic heterocycles. The van der Waals surface area contributed by atoms with Crippen molar-refractivity contribution in [2.75, 3.05) is 11.5 Å². The van der Waals surface area contributed by atoms with Gasteiger partial charge in [-0.1, -0.05) is 37.9 Å². The van der Waals surface area contributed by atoms with Gasteiger partial charge in [-0.2, -0.15) is 9.90 Å². The molecule has 1 atom stereocenters. The maximum absolute atomic E-state index is 11.3. The van der Waals surface area contributed by atoms with Gasteiger partial charge in [-0.05, 0) is 25.7 Å². The monoisotopic (exact) mass is 224 g/mol. The van der Waals surface area contributed by atoms with Crippen LogP contribution < -0.4 is 0 Å². The van der Waals surface area contributed by atoms with Gasteiger partial charge in [-0.3, -0.25) is 0 Å². The average Bonchev–Trinajstić information content (AvgIpc) is 2.06. The normalized spacial score (nSPS) is 10.2. The van der Waals surface area contributed by atoms with Gasteiger partial charge in [0.25, 0.3) is 0 Å². The van der Waals surface area contributed by atoms with Gasteiger partial charge < -0.3 is 4.55 Å². The highest BCUT2D eigenvalue weighted by Gasteiger charge is 2.03. The minimum atomic E-state index is -0.523. The topological polar surface area (TPSA) is 23.1 Å². The molecule has 0 fully saturated rings. The van der Waals surface area contributed by atoms with E-state index >= 15 is 0 Å². The molecule has 0 saturated carbocycles. The van der Waals surface area contributed by atoms with Gasteiger partial charge in [0, 0.05) is 0 Å². The zero-order valence-corrected chi connectivity index (χ0v) is 11.4. The van der Waals surface area contributed by atoms with Gasteiger partial charge in [0.15, 0.2) is 0 Å². The Bertz CT molecular complexity index is 81.0. The molecule has 0 aromatic heterocycles. The summed E-state index contributed by atoms with van der Waals surface area (Å²) in [7, 11) is 0. The fourth-order valence-corrected chi connectivity index (χ4v) is 2.38. The van der Waals surface area contributed by atoms with Gasteiger partial charge in [0.1, 0.15) is 11.5 Å². The Kier molecular flexibility index (Phi) is 15.9. The molecule has 0 rings (SSSR count). The SMILES string of the molecule is CCCCC[S+]([O-])CCCCC.P. The van der Waals surface area contributed by atoms with Crippen molar-refractivity contribution in [3.05, 3.63) is 0 Å². The van der Waals surface area contributed by atoms with Gasteiger partial charge in [-0.15, -0.1) is 0 Å². The smallest absolute Gasteiger partial charge is 0.105 e. The summed E-state index contributed by atoms with van der Waals surface area (Å²) in [5, 5.41) is 0. The summed E-state index contributed by atoms with van der Waals surface area (Å²) < 4.78 is 11.3. The Morgan fingerprint density at radius 1 is 0.846 bits per heavy atom. The first-order valence-electron chi connectivity index (χ1n) is 5.16. The van der Waals surface area contributed by atoms with Crippen molar-refractivity contribution in [3.8, 4) is 0 Å². The number of hydrogen-bond donors (Lipinski definition) is 0. The summed E-state index contributed by atoms with van der Waals surface area (Å²) >= 11 is -0.523. The number of rotatable bonds is 8. The molecule has 0 amide bonds.